The first kappa shape index (κ1) is 12.6. The van der Waals surface area contributed by atoms with E-state index in [0.717, 1.165) is 0 Å². The Kier molecular flexibility index (Phi) is 7.15. The van der Waals surface area contributed by atoms with Crippen molar-refractivity contribution in [1.82, 2.24) is 0 Å². The fraction of sp³-hybridized carbons (Fsp3) is 0. The quantitative estimate of drug-likeness (QED) is 0.519. The maximum atomic E-state index is 9.88. The molecule has 0 aliphatic rings. The summed E-state index contributed by atoms with van der Waals surface area (Å²) in [6, 6.07) is 0. The van der Waals surface area contributed by atoms with Gasteiger partial charge in [0.05, 0.1) is 0 Å². The average Bonchev–Trinajstić information content (AvgIpc) is 1.95. The van der Waals surface area contributed by atoms with E-state index in [9.17, 15) is 19.2 Å². The monoisotopic (exact) mass is 303 g/mol. The molecule has 6 heteroatoms. The third-order valence-corrected chi connectivity index (χ3v) is 2.24. The number of hydrogen-bond donors (Lipinski definition) is 0. The molecule has 0 saturated heterocycles. The van der Waals surface area contributed by atoms with Gasteiger partial charge in [-0.05, 0) is 0 Å². The van der Waals surface area contributed by atoms with Gasteiger partial charge in [0.1, 0.15) is 0 Å². The molecule has 0 aromatic rings. The summed E-state index contributed by atoms with van der Waals surface area (Å²) < 4.78 is 0. The Hall–Kier alpha value is -0.0835. The zero-order valence-electron chi connectivity index (χ0n) is 4.68. The summed E-state index contributed by atoms with van der Waals surface area (Å²) in [5.41, 5.74) is 0. The first-order chi connectivity index (χ1) is 4.24. The van der Waals surface area contributed by atoms with Gasteiger partial charge in [0.25, 0.3) is 0 Å². The Morgan fingerprint density at radius 2 is 0.900 bits per heavy atom. The van der Waals surface area contributed by atoms with Crippen molar-refractivity contribution in [3.63, 3.8) is 0 Å². The van der Waals surface area contributed by atoms with Crippen LogP contribution in [-0.2, 0) is 31.8 Å². The Labute approximate surface area is 76.5 Å². The van der Waals surface area contributed by atoms with E-state index in [-0.39, 0.29) is 44.9 Å². The SMILES string of the molecule is I.O=[CH][Co]([CH]=O)([CH]=O)[CH]=O. The number of carbonyl (C=O) groups is 4. The van der Waals surface area contributed by atoms with Crippen LogP contribution in [0.25, 0.3) is 0 Å². The van der Waals surface area contributed by atoms with Gasteiger partial charge in [0, 0.05) is 0 Å². The van der Waals surface area contributed by atoms with E-state index in [2.05, 4.69) is 0 Å². The predicted molar refractivity (Wildman–Crippen MR) is 42.4 cm³/mol. The molecule has 0 aromatic carbocycles. The van der Waals surface area contributed by atoms with Gasteiger partial charge in [0.15, 0.2) is 0 Å². The molecule has 0 saturated carbocycles. The molecular formula is C4H5CoIO4. The summed E-state index contributed by atoms with van der Waals surface area (Å²) in [4.78, 5) is 39.5. The Morgan fingerprint density at radius 3 is 0.900 bits per heavy atom. The third kappa shape index (κ3) is 2.67. The van der Waals surface area contributed by atoms with Crippen molar-refractivity contribution in [2.75, 3.05) is 0 Å². The van der Waals surface area contributed by atoms with Gasteiger partial charge in [0.2, 0.25) is 0 Å². The molecule has 10 heavy (non-hydrogen) atoms. The predicted octanol–water partition coefficient (Wildman–Crippen LogP) is -0.481. The molecule has 0 aliphatic heterocycles. The molecule has 4 nitrogen and oxygen atoms in total. The molecule has 0 fully saturated rings. The minimum atomic E-state index is -3.12. The Bertz CT molecular complexity index is 120. The van der Waals surface area contributed by atoms with Gasteiger partial charge in [-0.1, -0.05) is 0 Å². The van der Waals surface area contributed by atoms with Crippen molar-refractivity contribution in [3.05, 3.63) is 0 Å². The van der Waals surface area contributed by atoms with Crippen LogP contribution in [0.15, 0.2) is 0 Å². The summed E-state index contributed by atoms with van der Waals surface area (Å²) in [5, 5.41) is 0.438. The number of rotatable bonds is 4. The van der Waals surface area contributed by atoms with Crippen LogP contribution >= 0.6 is 24.0 Å². The Balaban J connectivity index is 0. The standard InChI is InChI=1S/4CHO.Co.HI/c4*1-2;;/h4*1H;;1H. The van der Waals surface area contributed by atoms with Crippen LogP contribution in [0.5, 0.6) is 0 Å². The fourth-order valence-electron chi connectivity index (χ4n) is 0.111. The maximum absolute atomic E-state index is 9.88. The van der Waals surface area contributed by atoms with Gasteiger partial charge >= 0.3 is 52.7 Å². The molecule has 0 aromatic heterocycles. The third-order valence-electron chi connectivity index (χ3n) is 0.544. The molecule has 0 heterocycles. The van der Waals surface area contributed by atoms with Crippen LogP contribution in [0.4, 0.5) is 0 Å². The summed E-state index contributed by atoms with van der Waals surface area (Å²) in [5.74, 6) is 0. The van der Waals surface area contributed by atoms with Crippen LogP contribution in [0.1, 0.15) is 0 Å². The number of hydrogen-bond acceptors (Lipinski definition) is 4. The first-order valence-electron chi connectivity index (χ1n) is 1.71. The van der Waals surface area contributed by atoms with Crippen LogP contribution in [-0.4, -0.2) is 20.9 Å². The Morgan fingerprint density at radius 1 is 0.700 bits per heavy atom. The molecule has 0 spiro atoms. The van der Waals surface area contributed by atoms with Gasteiger partial charge in [-0.2, -0.15) is 0 Å². The van der Waals surface area contributed by atoms with Gasteiger partial charge in [-0.3, -0.25) is 0 Å². The van der Waals surface area contributed by atoms with E-state index in [1.165, 1.54) is 0 Å². The topological polar surface area (TPSA) is 68.3 Å². The second-order valence-corrected chi connectivity index (χ2v) is 4.04. The average molecular weight is 303 g/mol. The van der Waals surface area contributed by atoms with Crippen molar-refractivity contribution in [3.8, 4) is 0 Å². The van der Waals surface area contributed by atoms with E-state index in [4.69, 9.17) is 0 Å². The molecule has 0 atom stereocenters. The second-order valence-electron chi connectivity index (χ2n) is 0.981. The van der Waals surface area contributed by atoms with Crippen molar-refractivity contribution in [1.29, 1.82) is 0 Å². The van der Waals surface area contributed by atoms with E-state index < -0.39 is 12.6 Å². The molecule has 0 rings (SSSR count). The van der Waals surface area contributed by atoms with Crippen LogP contribution in [0, 0.1) is 0 Å². The normalized spacial score (nSPS) is 10.4. The minimum absolute atomic E-state index is 0. The van der Waals surface area contributed by atoms with E-state index in [1.807, 2.05) is 0 Å². The second kappa shape index (κ2) is 5.68. The summed E-state index contributed by atoms with van der Waals surface area (Å²) in [7, 11) is 0. The van der Waals surface area contributed by atoms with Gasteiger partial charge < -0.3 is 0 Å². The van der Waals surface area contributed by atoms with E-state index in [0.29, 0.717) is 0 Å². The first-order valence-corrected chi connectivity index (χ1v) is 4.12. The number of carbonyl (C=O) groups excluding carboxylic acids is 4. The van der Waals surface area contributed by atoms with Crippen molar-refractivity contribution in [2.24, 2.45) is 0 Å². The summed E-state index contributed by atoms with van der Waals surface area (Å²) >= 11 is -3.12. The van der Waals surface area contributed by atoms with Crippen molar-refractivity contribution >= 4 is 44.9 Å². The van der Waals surface area contributed by atoms with Crippen LogP contribution in [0.3, 0.4) is 0 Å². The number of halogens is 1. The molecule has 0 N–H and O–H groups in total. The van der Waals surface area contributed by atoms with E-state index in [1.54, 1.807) is 0 Å². The molecular weight excluding hydrogens is 298 g/mol. The van der Waals surface area contributed by atoms with Crippen molar-refractivity contribution < 1.29 is 31.8 Å². The molecule has 0 unspecified atom stereocenters. The molecule has 0 bridgehead atoms. The zero-order chi connectivity index (χ0) is 7.33. The van der Waals surface area contributed by atoms with Gasteiger partial charge in [-0.25, -0.2) is 0 Å². The van der Waals surface area contributed by atoms with Crippen LogP contribution < -0.4 is 0 Å². The van der Waals surface area contributed by atoms with Gasteiger partial charge in [-0.15, -0.1) is 24.0 Å². The van der Waals surface area contributed by atoms with Crippen molar-refractivity contribution in [2.45, 2.75) is 0 Å². The van der Waals surface area contributed by atoms with E-state index >= 15 is 0 Å². The molecule has 61 valence electrons. The summed E-state index contributed by atoms with van der Waals surface area (Å²) in [6.07, 6.45) is 0. The fourth-order valence-corrected chi connectivity index (χ4v) is 0.458. The molecule has 0 amide bonds. The molecule has 0 aliphatic carbocycles. The zero-order valence-corrected chi connectivity index (χ0v) is 8.06. The van der Waals surface area contributed by atoms with Crippen LogP contribution in [0.2, 0.25) is 0 Å². The molecule has 0 radical (unpaired) electrons. The summed E-state index contributed by atoms with van der Waals surface area (Å²) in [6.45, 7) is 0.